The summed E-state index contributed by atoms with van der Waals surface area (Å²) in [5.74, 6) is -0.251. The number of anilines is 1. The highest BCUT2D eigenvalue weighted by Crippen LogP contribution is 2.25. The quantitative estimate of drug-likeness (QED) is 0.860. The molecule has 0 fully saturated rings. The third kappa shape index (κ3) is 4.66. The van der Waals surface area contributed by atoms with Crippen LogP contribution in [-0.2, 0) is 6.54 Å². The first-order chi connectivity index (χ1) is 10.4. The molecule has 1 unspecified atom stereocenters. The van der Waals surface area contributed by atoms with E-state index in [-0.39, 0.29) is 18.4 Å². The summed E-state index contributed by atoms with van der Waals surface area (Å²) < 4.78 is 41.7. The van der Waals surface area contributed by atoms with Gasteiger partial charge in [0.25, 0.3) is 0 Å². The minimum absolute atomic E-state index is 0.00264. The van der Waals surface area contributed by atoms with Crippen LogP contribution in [0.25, 0.3) is 0 Å². The van der Waals surface area contributed by atoms with Gasteiger partial charge in [0.05, 0.1) is 25.0 Å². The van der Waals surface area contributed by atoms with Crippen molar-refractivity contribution >= 4 is 5.69 Å². The van der Waals surface area contributed by atoms with Crippen molar-refractivity contribution in [1.82, 2.24) is 9.78 Å². The van der Waals surface area contributed by atoms with Crippen LogP contribution in [0.3, 0.4) is 0 Å². The molecule has 1 atom stereocenters. The summed E-state index contributed by atoms with van der Waals surface area (Å²) >= 11 is 0. The normalized spacial score (nSPS) is 13.0. The number of aromatic nitrogens is 2. The average molecular weight is 315 g/mol. The van der Waals surface area contributed by atoms with Crippen molar-refractivity contribution in [1.29, 1.82) is 0 Å². The van der Waals surface area contributed by atoms with Gasteiger partial charge in [-0.25, -0.2) is 0 Å². The van der Waals surface area contributed by atoms with Crippen LogP contribution in [0.5, 0.6) is 5.75 Å². The van der Waals surface area contributed by atoms with Gasteiger partial charge in [0, 0.05) is 12.2 Å². The third-order valence-corrected chi connectivity index (χ3v) is 2.96. The lowest BCUT2D eigenvalue weighted by atomic mass is 10.1. The minimum atomic E-state index is -4.69. The lowest BCUT2D eigenvalue weighted by molar-refractivity contribution is -0.274. The Kier molecular flexibility index (Phi) is 4.92. The van der Waals surface area contributed by atoms with Gasteiger partial charge in [-0.15, -0.1) is 13.2 Å². The molecule has 0 spiro atoms. The van der Waals surface area contributed by atoms with E-state index in [4.69, 9.17) is 5.11 Å². The molecule has 0 aliphatic rings. The Balaban J connectivity index is 1.98. The van der Waals surface area contributed by atoms with Crippen molar-refractivity contribution in [3.8, 4) is 5.75 Å². The van der Waals surface area contributed by atoms with Crippen LogP contribution in [-0.4, -0.2) is 27.9 Å². The number of nitrogens with zero attached hydrogens (tertiary/aromatic N) is 2. The van der Waals surface area contributed by atoms with Crippen molar-refractivity contribution < 1.29 is 23.0 Å². The van der Waals surface area contributed by atoms with E-state index < -0.39 is 6.36 Å². The second-order valence-corrected chi connectivity index (χ2v) is 4.70. The first-order valence-electron chi connectivity index (χ1n) is 6.63. The molecule has 0 aliphatic heterocycles. The van der Waals surface area contributed by atoms with Gasteiger partial charge in [-0.05, 0) is 24.6 Å². The van der Waals surface area contributed by atoms with E-state index in [2.05, 4.69) is 15.2 Å². The fourth-order valence-corrected chi connectivity index (χ4v) is 1.95. The van der Waals surface area contributed by atoms with Crippen LogP contribution in [0.1, 0.15) is 18.5 Å². The zero-order chi connectivity index (χ0) is 16.2. The van der Waals surface area contributed by atoms with Gasteiger partial charge in [-0.1, -0.05) is 12.1 Å². The number of alkyl halides is 3. The molecule has 0 aliphatic carbocycles. The SMILES string of the molecule is CC(Nc1cnn(CCO)c1)c1ccc(OC(F)(F)F)cc1. The average Bonchev–Trinajstić information content (AvgIpc) is 2.85. The van der Waals surface area contributed by atoms with Gasteiger partial charge in [-0.3, -0.25) is 4.68 Å². The number of benzene rings is 1. The van der Waals surface area contributed by atoms with Crippen molar-refractivity contribution in [2.75, 3.05) is 11.9 Å². The molecular weight excluding hydrogens is 299 g/mol. The number of rotatable bonds is 6. The van der Waals surface area contributed by atoms with Crippen molar-refractivity contribution in [3.05, 3.63) is 42.2 Å². The van der Waals surface area contributed by atoms with Gasteiger partial charge >= 0.3 is 6.36 Å². The Labute approximate surface area is 125 Å². The van der Waals surface area contributed by atoms with E-state index in [9.17, 15) is 13.2 Å². The van der Waals surface area contributed by atoms with Gasteiger partial charge < -0.3 is 15.2 Å². The summed E-state index contributed by atoms with van der Waals surface area (Å²) in [6.07, 6.45) is -1.33. The molecular formula is C14H16F3N3O2. The summed E-state index contributed by atoms with van der Waals surface area (Å²) in [7, 11) is 0. The molecule has 22 heavy (non-hydrogen) atoms. The Bertz CT molecular complexity index is 596. The number of aliphatic hydroxyl groups is 1. The monoisotopic (exact) mass is 315 g/mol. The van der Waals surface area contributed by atoms with E-state index in [1.54, 1.807) is 29.2 Å². The number of aliphatic hydroxyl groups excluding tert-OH is 1. The lowest BCUT2D eigenvalue weighted by Gasteiger charge is -2.15. The Morgan fingerprint density at radius 2 is 2.00 bits per heavy atom. The molecule has 2 N–H and O–H groups in total. The summed E-state index contributed by atoms with van der Waals surface area (Å²) in [6, 6.07) is 5.56. The molecule has 0 saturated heterocycles. The highest BCUT2D eigenvalue weighted by Gasteiger charge is 2.31. The van der Waals surface area contributed by atoms with E-state index in [1.165, 1.54) is 12.1 Å². The summed E-state index contributed by atoms with van der Waals surface area (Å²) in [6.45, 7) is 2.28. The van der Waals surface area contributed by atoms with Crippen LogP contribution in [0.4, 0.5) is 18.9 Å². The Morgan fingerprint density at radius 1 is 1.32 bits per heavy atom. The molecule has 0 saturated carbocycles. The molecule has 2 rings (SSSR count). The van der Waals surface area contributed by atoms with Crippen molar-refractivity contribution in [2.45, 2.75) is 25.9 Å². The second-order valence-electron chi connectivity index (χ2n) is 4.70. The predicted octanol–water partition coefficient (Wildman–Crippen LogP) is 2.95. The molecule has 120 valence electrons. The fourth-order valence-electron chi connectivity index (χ4n) is 1.95. The highest BCUT2D eigenvalue weighted by atomic mass is 19.4. The maximum atomic E-state index is 12.1. The van der Waals surface area contributed by atoms with Gasteiger partial charge in [0.15, 0.2) is 0 Å². The molecule has 2 aromatic rings. The number of nitrogens with one attached hydrogen (secondary N) is 1. The topological polar surface area (TPSA) is 59.3 Å². The number of halogens is 3. The number of hydrogen-bond acceptors (Lipinski definition) is 4. The summed E-state index contributed by atoms with van der Waals surface area (Å²) in [5.41, 5.74) is 1.57. The second kappa shape index (κ2) is 6.69. The smallest absolute Gasteiger partial charge is 0.406 e. The zero-order valence-corrected chi connectivity index (χ0v) is 11.8. The Hall–Kier alpha value is -2.22. The van der Waals surface area contributed by atoms with Crippen LogP contribution < -0.4 is 10.1 Å². The molecule has 0 bridgehead atoms. The largest absolute Gasteiger partial charge is 0.573 e. The van der Waals surface area contributed by atoms with Crippen LogP contribution in [0.2, 0.25) is 0 Å². The van der Waals surface area contributed by atoms with Crippen LogP contribution >= 0.6 is 0 Å². The van der Waals surface area contributed by atoms with Gasteiger partial charge in [0.2, 0.25) is 0 Å². The maximum absolute atomic E-state index is 12.1. The molecule has 8 heteroatoms. The summed E-state index contributed by atoms with van der Waals surface area (Å²) in [4.78, 5) is 0. The van der Waals surface area contributed by atoms with Crippen molar-refractivity contribution in [2.24, 2.45) is 0 Å². The van der Waals surface area contributed by atoms with E-state index in [1.807, 2.05) is 6.92 Å². The Morgan fingerprint density at radius 3 is 2.59 bits per heavy atom. The lowest BCUT2D eigenvalue weighted by Crippen LogP contribution is -2.17. The van der Waals surface area contributed by atoms with E-state index in [0.717, 1.165) is 11.3 Å². The first-order valence-corrected chi connectivity index (χ1v) is 6.63. The molecule has 0 radical (unpaired) electrons. The molecule has 1 heterocycles. The standard InChI is InChI=1S/C14H16F3N3O2/c1-10(19-12-8-18-20(9-12)6-7-21)11-2-4-13(5-3-11)22-14(15,16)17/h2-5,8-10,19,21H,6-7H2,1H3. The van der Waals surface area contributed by atoms with E-state index >= 15 is 0 Å². The minimum Gasteiger partial charge on any atom is -0.406 e. The van der Waals surface area contributed by atoms with Gasteiger partial charge in [-0.2, -0.15) is 5.10 Å². The molecule has 1 aromatic carbocycles. The van der Waals surface area contributed by atoms with E-state index in [0.29, 0.717) is 6.54 Å². The third-order valence-electron chi connectivity index (χ3n) is 2.96. The highest BCUT2D eigenvalue weighted by molar-refractivity contribution is 5.42. The van der Waals surface area contributed by atoms with Gasteiger partial charge in [0.1, 0.15) is 5.75 Å². The first kappa shape index (κ1) is 16.2. The maximum Gasteiger partial charge on any atom is 0.573 e. The number of ether oxygens (including phenoxy) is 1. The number of hydrogen-bond donors (Lipinski definition) is 2. The zero-order valence-electron chi connectivity index (χ0n) is 11.8. The fraction of sp³-hybridized carbons (Fsp3) is 0.357. The predicted molar refractivity (Wildman–Crippen MR) is 74.5 cm³/mol. The molecule has 1 aromatic heterocycles. The summed E-state index contributed by atoms with van der Waals surface area (Å²) in [5, 5.41) is 16.1. The van der Waals surface area contributed by atoms with Crippen LogP contribution in [0, 0.1) is 0 Å². The van der Waals surface area contributed by atoms with Crippen LogP contribution in [0.15, 0.2) is 36.7 Å². The van der Waals surface area contributed by atoms with Crippen molar-refractivity contribution in [3.63, 3.8) is 0 Å². The molecule has 5 nitrogen and oxygen atoms in total. The molecule has 0 amide bonds.